The van der Waals surface area contributed by atoms with E-state index < -0.39 is 0 Å². The van der Waals surface area contributed by atoms with Crippen molar-refractivity contribution in [3.8, 4) is 12.3 Å². The van der Waals surface area contributed by atoms with Gasteiger partial charge in [-0.25, -0.2) is 4.98 Å². The predicted molar refractivity (Wildman–Crippen MR) is 53.6 cm³/mol. The summed E-state index contributed by atoms with van der Waals surface area (Å²) in [4.78, 5) is 9.45. The molecule has 4 nitrogen and oxygen atoms in total. The van der Waals surface area contributed by atoms with Crippen LogP contribution >= 0.6 is 11.6 Å². The number of nitrogen functional groups attached to an aromatic ring is 1. The molecule has 13 heavy (non-hydrogen) atoms. The number of hydrogen-bond acceptors (Lipinski definition) is 4. The normalized spacial score (nSPS) is 9.31. The van der Waals surface area contributed by atoms with Crippen molar-refractivity contribution in [1.29, 1.82) is 0 Å². The molecule has 0 unspecified atom stereocenters. The quantitative estimate of drug-likeness (QED) is 0.561. The van der Waals surface area contributed by atoms with Crippen molar-refractivity contribution < 1.29 is 0 Å². The second-order valence-electron chi connectivity index (χ2n) is 2.47. The van der Waals surface area contributed by atoms with Gasteiger partial charge in [-0.05, 0) is 0 Å². The first kappa shape index (κ1) is 9.62. The molecule has 0 amide bonds. The molecule has 2 N–H and O–H groups in total. The minimum absolute atomic E-state index is 0.145. The van der Waals surface area contributed by atoms with Crippen LogP contribution < -0.4 is 10.6 Å². The molecule has 1 aromatic rings. The summed E-state index contributed by atoms with van der Waals surface area (Å²) in [6.45, 7) is 0.451. The predicted octanol–water partition coefficient (Wildman–Crippen LogP) is 0.782. The smallest absolute Gasteiger partial charge is 0.223 e. The van der Waals surface area contributed by atoms with Crippen LogP contribution in [0.4, 0.5) is 11.8 Å². The molecule has 0 radical (unpaired) electrons. The maximum Gasteiger partial charge on any atom is 0.223 e. The van der Waals surface area contributed by atoms with Crippen LogP contribution in [0.2, 0.25) is 5.15 Å². The number of aromatic nitrogens is 2. The molecular weight excluding hydrogens is 188 g/mol. The highest BCUT2D eigenvalue weighted by Gasteiger charge is 2.03. The summed E-state index contributed by atoms with van der Waals surface area (Å²) in [6, 6.07) is 1.61. The van der Waals surface area contributed by atoms with Crippen LogP contribution in [0, 0.1) is 12.3 Å². The molecule has 1 aromatic heterocycles. The third-order valence-electron chi connectivity index (χ3n) is 1.42. The summed E-state index contributed by atoms with van der Waals surface area (Å²) in [5.41, 5.74) is 5.41. The van der Waals surface area contributed by atoms with E-state index in [4.69, 9.17) is 23.8 Å². The van der Waals surface area contributed by atoms with Crippen LogP contribution in [-0.4, -0.2) is 23.6 Å². The average molecular weight is 197 g/mol. The lowest BCUT2D eigenvalue weighted by molar-refractivity contribution is 0.994. The first-order valence-corrected chi connectivity index (χ1v) is 3.96. The van der Waals surface area contributed by atoms with Crippen molar-refractivity contribution in [2.75, 3.05) is 24.2 Å². The van der Waals surface area contributed by atoms with Crippen molar-refractivity contribution in [3.63, 3.8) is 0 Å². The lowest BCUT2D eigenvalue weighted by Crippen LogP contribution is -2.19. The highest BCUT2D eigenvalue weighted by molar-refractivity contribution is 6.29. The molecular formula is C8H9ClN4. The minimum Gasteiger partial charge on any atom is -0.368 e. The zero-order valence-electron chi connectivity index (χ0n) is 7.16. The summed E-state index contributed by atoms with van der Waals surface area (Å²) in [6.07, 6.45) is 5.14. The molecule has 0 spiro atoms. The van der Waals surface area contributed by atoms with Gasteiger partial charge in [0.05, 0.1) is 6.54 Å². The maximum atomic E-state index is 5.68. The van der Waals surface area contributed by atoms with Gasteiger partial charge in [0.1, 0.15) is 11.0 Å². The Kier molecular flexibility index (Phi) is 2.93. The molecule has 0 aliphatic rings. The molecule has 0 saturated heterocycles. The largest absolute Gasteiger partial charge is 0.368 e. The summed E-state index contributed by atoms with van der Waals surface area (Å²) in [5.74, 6) is 3.25. The molecule has 1 heterocycles. The molecule has 0 atom stereocenters. The van der Waals surface area contributed by atoms with Gasteiger partial charge in [-0.3, -0.25) is 0 Å². The number of halogens is 1. The molecule has 68 valence electrons. The first-order valence-electron chi connectivity index (χ1n) is 3.58. The Morgan fingerprint density at radius 2 is 2.38 bits per heavy atom. The van der Waals surface area contributed by atoms with E-state index in [0.717, 1.165) is 0 Å². The second-order valence-corrected chi connectivity index (χ2v) is 2.85. The second kappa shape index (κ2) is 3.97. The number of anilines is 2. The SMILES string of the molecule is C#CCN(C)c1cc(Cl)nc(N)n1. The third-order valence-corrected chi connectivity index (χ3v) is 1.61. The molecule has 0 aliphatic heterocycles. The standard InChI is InChI=1S/C8H9ClN4/c1-3-4-13(2)7-5-6(9)11-8(10)12-7/h1,5H,4H2,2H3,(H2,10,11,12). The van der Waals surface area contributed by atoms with Crippen LogP contribution in [-0.2, 0) is 0 Å². The molecule has 0 saturated carbocycles. The zero-order chi connectivity index (χ0) is 9.84. The maximum absolute atomic E-state index is 5.68. The molecule has 5 heteroatoms. The Morgan fingerprint density at radius 3 is 2.92 bits per heavy atom. The highest BCUT2D eigenvalue weighted by Crippen LogP contribution is 2.14. The van der Waals surface area contributed by atoms with Gasteiger partial charge in [0.2, 0.25) is 5.95 Å². The van der Waals surface area contributed by atoms with Crippen molar-refractivity contribution in [2.45, 2.75) is 0 Å². The molecule has 0 fully saturated rings. The Balaban J connectivity index is 2.95. The van der Waals surface area contributed by atoms with Crippen LogP contribution in [0.25, 0.3) is 0 Å². The van der Waals surface area contributed by atoms with E-state index in [1.807, 2.05) is 0 Å². The van der Waals surface area contributed by atoms with Gasteiger partial charge in [0.15, 0.2) is 0 Å². The number of nitrogens with two attached hydrogens (primary N) is 1. The Hall–Kier alpha value is -1.47. The fraction of sp³-hybridized carbons (Fsp3) is 0.250. The molecule has 1 rings (SSSR count). The van der Waals surface area contributed by atoms with Crippen molar-refractivity contribution in [2.24, 2.45) is 0 Å². The van der Waals surface area contributed by atoms with E-state index in [1.54, 1.807) is 18.0 Å². The van der Waals surface area contributed by atoms with E-state index in [-0.39, 0.29) is 5.95 Å². The van der Waals surface area contributed by atoms with Crippen molar-refractivity contribution in [1.82, 2.24) is 9.97 Å². The van der Waals surface area contributed by atoms with Crippen LogP contribution in [0.5, 0.6) is 0 Å². The number of hydrogen-bond donors (Lipinski definition) is 1. The minimum atomic E-state index is 0.145. The summed E-state index contributed by atoms with van der Waals surface area (Å²) < 4.78 is 0. The van der Waals surface area contributed by atoms with Crippen molar-refractivity contribution in [3.05, 3.63) is 11.2 Å². The van der Waals surface area contributed by atoms with E-state index in [9.17, 15) is 0 Å². The molecule has 0 bridgehead atoms. The lowest BCUT2D eigenvalue weighted by Gasteiger charge is -2.14. The van der Waals surface area contributed by atoms with E-state index in [2.05, 4.69) is 15.9 Å². The fourth-order valence-corrected chi connectivity index (χ4v) is 1.02. The van der Waals surface area contributed by atoms with Gasteiger partial charge < -0.3 is 10.6 Å². The molecule has 0 aliphatic carbocycles. The van der Waals surface area contributed by atoms with Gasteiger partial charge in [-0.1, -0.05) is 17.5 Å². The van der Waals surface area contributed by atoms with Gasteiger partial charge in [-0.2, -0.15) is 4.98 Å². The highest BCUT2D eigenvalue weighted by atomic mass is 35.5. The monoisotopic (exact) mass is 196 g/mol. The zero-order valence-corrected chi connectivity index (χ0v) is 7.91. The van der Waals surface area contributed by atoms with Gasteiger partial charge in [-0.15, -0.1) is 6.42 Å². The summed E-state index contributed by atoms with van der Waals surface area (Å²) in [7, 11) is 1.80. The lowest BCUT2D eigenvalue weighted by atomic mass is 10.5. The first-order chi connectivity index (χ1) is 6.13. The van der Waals surface area contributed by atoms with Crippen LogP contribution in [0.3, 0.4) is 0 Å². The van der Waals surface area contributed by atoms with Gasteiger partial charge in [0, 0.05) is 13.1 Å². The van der Waals surface area contributed by atoms with Gasteiger partial charge in [0.25, 0.3) is 0 Å². The van der Waals surface area contributed by atoms with Crippen LogP contribution in [0.1, 0.15) is 0 Å². The average Bonchev–Trinajstić information content (AvgIpc) is 2.03. The fourth-order valence-electron chi connectivity index (χ4n) is 0.836. The molecule has 0 aromatic carbocycles. The Morgan fingerprint density at radius 1 is 1.69 bits per heavy atom. The van der Waals surface area contributed by atoms with E-state index >= 15 is 0 Å². The Labute approximate surface area is 81.7 Å². The number of terminal acetylenes is 1. The number of rotatable bonds is 2. The van der Waals surface area contributed by atoms with Crippen molar-refractivity contribution >= 4 is 23.4 Å². The van der Waals surface area contributed by atoms with E-state index in [1.165, 1.54) is 0 Å². The Bertz CT molecular complexity index is 324. The third kappa shape index (κ3) is 2.49. The van der Waals surface area contributed by atoms with E-state index in [0.29, 0.717) is 17.5 Å². The van der Waals surface area contributed by atoms with Gasteiger partial charge >= 0.3 is 0 Å². The summed E-state index contributed by atoms with van der Waals surface area (Å²) >= 11 is 5.68. The topological polar surface area (TPSA) is 55.0 Å². The summed E-state index contributed by atoms with van der Waals surface area (Å²) in [5, 5.41) is 0.311. The van der Waals surface area contributed by atoms with Crippen LogP contribution in [0.15, 0.2) is 6.07 Å². The number of nitrogens with zero attached hydrogens (tertiary/aromatic N) is 3.